The van der Waals surface area contributed by atoms with Crippen LogP contribution in [0.2, 0.25) is 0 Å². The van der Waals surface area contributed by atoms with Crippen molar-refractivity contribution in [1.29, 1.82) is 0 Å². The van der Waals surface area contributed by atoms with Crippen molar-refractivity contribution in [3.8, 4) is 0 Å². The van der Waals surface area contributed by atoms with Gasteiger partial charge in [-0.25, -0.2) is 9.59 Å². The number of urea groups is 1. The summed E-state index contributed by atoms with van der Waals surface area (Å²) in [5.41, 5.74) is 0. The third-order valence-electron chi connectivity index (χ3n) is 2.86. The number of aliphatic carboxylic acids is 1. The van der Waals surface area contributed by atoms with Gasteiger partial charge in [-0.1, -0.05) is 6.92 Å². The lowest BCUT2D eigenvalue weighted by atomic mass is 10.2. The number of morpholine rings is 1. The summed E-state index contributed by atoms with van der Waals surface area (Å²) in [6.07, 6.45) is -0.517. The predicted octanol–water partition coefficient (Wildman–Crippen LogP) is -0.358. The quantitative estimate of drug-likeness (QED) is 0.627. The summed E-state index contributed by atoms with van der Waals surface area (Å²) in [4.78, 5) is 23.8. The van der Waals surface area contributed by atoms with Crippen LogP contribution in [0.5, 0.6) is 0 Å². The third kappa shape index (κ3) is 4.50. The van der Waals surface area contributed by atoms with E-state index in [2.05, 4.69) is 5.32 Å². The second kappa shape index (κ2) is 7.17. The molecule has 0 spiro atoms. The molecule has 0 bridgehead atoms. The molecule has 0 aliphatic carbocycles. The minimum Gasteiger partial charge on any atom is -0.479 e. The first-order valence-corrected chi connectivity index (χ1v) is 6.09. The molecule has 7 nitrogen and oxygen atoms in total. The average Bonchev–Trinajstić information content (AvgIpc) is 2.38. The summed E-state index contributed by atoms with van der Waals surface area (Å²) in [5, 5.41) is 20.1. The van der Waals surface area contributed by atoms with Gasteiger partial charge < -0.3 is 25.2 Å². The summed E-state index contributed by atoms with van der Waals surface area (Å²) >= 11 is 0. The second-order valence-corrected chi connectivity index (χ2v) is 4.22. The molecule has 18 heavy (non-hydrogen) atoms. The number of nitrogens with one attached hydrogen (secondary N) is 1. The minimum atomic E-state index is -1.43. The Balaban J connectivity index is 2.26. The first kappa shape index (κ1) is 14.7. The SMILES string of the molecule is CCC1CN(C(=O)NCCC(O)C(=O)O)CCO1. The van der Waals surface area contributed by atoms with Gasteiger partial charge >= 0.3 is 12.0 Å². The van der Waals surface area contributed by atoms with Crippen LogP contribution < -0.4 is 5.32 Å². The van der Waals surface area contributed by atoms with Crippen molar-refractivity contribution in [2.24, 2.45) is 0 Å². The number of nitrogens with zero attached hydrogens (tertiary/aromatic N) is 1. The number of hydrogen-bond acceptors (Lipinski definition) is 4. The Morgan fingerprint density at radius 1 is 1.56 bits per heavy atom. The molecule has 0 saturated carbocycles. The molecule has 1 saturated heterocycles. The molecule has 1 aliphatic heterocycles. The van der Waals surface area contributed by atoms with Crippen molar-refractivity contribution in [3.63, 3.8) is 0 Å². The van der Waals surface area contributed by atoms with E-state index in [4.69, 9.17) is 14.9 Å². The topological polar surface area (TPSA) is 99.1 Å². The number of aliphatic hydroxyl groups excluding tert-OH is 1. The molecule has 1 fully saturated rings. The number of amides is 2. The van der Waals surface area contributed by atoms with Crippen LogP contribution in [0.15, 0.2) is 0 Å². The van der Waals surface area contributed by atoms with E-state index >= 15 is 0 Å². The lowest BCUT2D eigenvalue weighted by Crippen LogP contribution is -2.49. The molecule has 104 valence electrons. The maximum absolute atomic E-state index is 11.7. The zero-order chi connectivity index (χ0) is 13.5. The highest BCUT2D eigenvalue weighted by atomic mass is 16.5. The van der Waals surface area contributed by atoms with Gasteiger partial charge in [-0.15, -0.1) is 0 Å². The van der Waals surface area contributed by atoms with Crippen LogP contribution in [-0.2, 0) is 9.53 Å². The van der Waals surface area contributed by atoms with E-state index < -0.39 is 12.1 Å². The highest BCUT2D eigenvalue weighted by Crippen LogP contribution is 2.08. The maximum atomic E-state index is 11.7. The predicted molar refractivity (Wildman–Crippen MR) is 63.3 cm³/mol. The minimum absolute atomic E-state index is 0.00260. The van der Waals surface area contributed by atoms with Crippen LogP contribution in [0.25, 0.3) is 0 Å². The van der Waals surface area contributed by atoms with Crippen LogP contribution in [0.1, 0.15) is 19.8 Å². The molecule has 2 amide bonds. The molecular weight excluding hydrogens is 240 g/mol. The van der Waals surface area contributed by atoms with Gasteiger partial charge in [0.2, 0.25) is 0 Å². The summed E-state index contributed by atoms with van der Waals surface area (Å²) in [6, 6.07) is -0.241. The standard InChI is InChI=1S/C11H20N2O5/c1-2-8-7-13(5-6-18-8)11(17)12-4-3-9(14)10(15)16/h8-9,14H,2-7H2,1H3,(H,12,17)(H,15,16). The first-order chi connectivity index (χ1) is 8.54. The van der Waals surface area contributed by atoms with Gasteiger partial charge in [0.25, 0.3) is 0 Å². The van der Waals surface area contributed by atoms with E-state index in [-0.39, 0.29) is 25.1 Å². The highest BCUT2D eigenvalue weighted by molar-refractivity contribution is 5.74. The number of hydrogen-bond donors (Lipinski definition) is 3. The summed E-state index contributed by atoms with van der Waals surface area (Å²) in [6.45, 7) is 3.73. The Bertz CT molecular complexity index is 297. The smallest absolute Gasteiger partial charge is 0.332 e. The summed E-state index contributed by atoms with van der Waals surface area (Å²) in [7, 11) is 0. The molecule has 1 heterocycles. The Kier molecular flexibility index (Phi) is 5.87. The Labute approximate surface area is 106 Å². The van der Waals surface area contributed by atoms with Crippen molar-refractivity contribution in [2.45, 2.75) is 32.0 Å². The number of carbonyl (C=O) groups is 2. The number of ether oxygens (including phenoxy) is 1. The Hall–Kier alpha value is -1.34. The van der Waals surface area contributed by atoms with Crippen molar-refractivity contribution in [2.75, 3.05) is 26.2 Å². The Morgan fingerprint density at radius 2 is 2.28 bits per heavy atom. The van der Waals surface area contributed by atoms with Crippen LogP contribution in [0.3, 0.4) is 0 Å². The van der Waals surface area contributed by atoms with Gasteiger partial charge in [0.1, 0.15) is 0 Å². The molecular formula is C11H20N2O5. The van der Waals surface area contributed by atoms with Gasteiger partial charge in [0.05, 0.1) is 12.7 Å². The molecule has 0 radical (unpaired) electrons. The lowest BCUT2D eigenvalue weighted by molar-refractivity contribution is -0.146. The number of carboxylic acids is 1. The fourth-order valence-corrected chi connectivity index (χ4v) is 1.70. The number of aliphatic hydroxyl groups is 1. The van der Waals surface area contributed by atoms with E-state index in [0.717, 1.165) is 6.42 Å². The van der Waals surface area contributed by atoms with Gasteiger partial charge in [-0.05, 0) is 6.42 Å². The van der Waals surface area contributed by atoms with Crippen LogP contribution >= 0.6 is 0 Å². The average molecular weight is 260 g/mol. The summed E-state index contributed by atoms with van der Waals surface area (Å²) in [5.74, 6) is -1.28. The number of carboxylic acid groups (broad SMARTS) is 1. The molecule has 0 aromatic heterocycles. The van der Waals surface area contributed by atoms with Crippen LogP contribution in [0.4, 0.5) is 4.79 Å². The monoisotopic (exact) mass is 260 g/mol. The summed E-state index contributed by atoms with van der Waals surface area (Å²) < 4.78 is 5.44. The van der Waals surface area contributed by atoms with Crippen molar-refractivity contribution < 1.29 is 24.5 Å². The Morgan fingerprint density at radius 3 is 2.89 bits per heavy atom. The van der Waals surface area contributed by atoms with Crippen LogP contribution in [0, 0.1) is 0 Å². The number of rotatable bonds is 5. The molecule has 2 atom stereocenters. The zero-order valence-corrected chi connectivity index (χ0v) is 10.5. The molecule has 3 N–H and O–H groups in total. The molecule has 0 aromatic carbocycles. The third-order valence-corrected chi connectivity index (χ3v) is 2.86. The van der Waals surface area contributed by atoms with Gasteiger partial charge in [0, 0.05) is 26.1 Å². The van der Waals surface area contributed by atoms with E-state index in [1.54, 1.807) is 4.90 Å². The van der Waals surface area contributed by atoms with Crippen molar-refractivity contribution in [3.05, 3.63) is 0 Å². The second-order valence-electron chi connectivity index (χ2n) is 4.22. The van der Waals surface area contributed by atoms with Gasteiger partial charge in [0.15, 0.2) is 6.10 Å². The molecule has 1 aliphatic rings. The van der Waals surface area contributed by atoms with E-state index in [1.807, 2.05) is 6.92 Å². The van der Waals surface area contributed by atoms with Gasteiger partial charge in [-0.2, -0.15) is 0 Å². The maximum Gasteiger partial charge on any atom is 0.332 e. The van der Waals surface area contributed by atoms with Crippen LogP contribution in [-0.4, -0.2) is 65.6 Å². The fourth-order valence-electron chi connectivity index (χ4n) is 1.70. The van der Waals surface area contributed by atoms with E-state index in [1.165, 1.54) is 0 Å². The molecule has 0 aromatic rings. The fraction of sp³-hybridized carbons (Fsp3) is 0.818. The van der Waals surface area contributed by atoms with E-state index in [9.17, 15) is 9.59 Å². The molecule has 7 heteroatoms. The van der Waals surface area contributed by atoms with Crippen molar-refractivity contribution in [1.82, 2.24) is 10.2 Å². The largest absolute Gasteiger partial charge is 0.479 e. The zero-order valence-electron chi connectivity index (χ0n) is 10.5. The van der Waals surface area contributed by atoms with E-state index in [0.29, 0.717) is 19.7 Å². The normalized spacial score (nSPS) is 21.4. The lowest BCUT2D eigenvalue weighted by Gasteiger charge is -2.32. The highest BCUT2D eigenvalue weighted by Gasteiger charge is 2.23. The molecule has 1 rings (SSSR count). The number of carbonyl (C=O) groups excluding carboxylic acids is 1. The van der Waals surface area contributed by atoms with Crippen molar-refractivity contribution >= 4 is 12.0 Å². The first-order valence-electron chi connectivity index (χ1n) is 6.09. The van der Waals surface area contributed by atoms with Gasteiger partial charge in [-0.3, -0.25) is 0 Å². The molecule has 2 unspecified atom stereocenters.